The third kappa shape index (κ3) is 3.55. The fourth-order valence-corrected chi connectivity index (χ4v) is 3.35. The number of rotatable bonds is 3. The molecule has 29 heavy (non-hydrogen) atoms. The van der Waals surface area contributed by atoms with E-state index in [-0.39, 0.29) is 11.9 Å². The normalized spacial score (nSPS) is 12.1. The highest BCUT2D eigenvalue weighted by atomic mass is 19.4. The number of amides is 1. The predicted octanol–water partition coefficient (Wildman–Crippen LogP) is 5.31. The van der Waals surface area contributed by atoms with Crippen LogP contribution in [0.25, 0.3) is 27.5 Å². The number of benzene rings is 2. The predicted molar refractivity (Wildman–Crippen MR) is 106 cm³/mol. The number of fused-ring (bicyclic) bond motifs is 3. The zero-order chi connectivity index (χ0) is 20.8. The molecular weight excluding hydrogens is 379 g/mol. The molecule has 0 fully saturated rings. The summed E-state index contributed by atoms with van der Waals surface area (Å²) in [7, 11) is 0. The van der Waals surface area contributed by atoms with Crippen molar-refractivity contribution >= 4 is 22.3 Å². The summed E-state index contributed by atoms with van der Waals surface area (Å²) in [6.45, 7) is 3.77. The van der Waals surface area contributed by atoms with E-state index in [1.54, 1.807) is 28.9 Å². The molecule has 2 heterocycles. The van der Waals surface area contributed by atoms with Crippen LogP contribution in [0.2, 0.25) is 0 Å². The molecule has 0 unspecified atom stereocenters. The van der Waals surface area contributed by atoms with Gasteiger partial charge in [0.1, 0.15) is 5.65 Å². The summed E-state index contributed by atoms with van der Waals surface area (Å²) in [5, 5.41) is 4.42. The summed E-state index contributed by atoms with van der Waals surface area (Å²) in [5.41, 5.74) is 1.89. The molecule has 7 heteroatoms. The van der Waals surface area contributed by atoms with E-state index in [9.17, 15) is 18.0 Å². The number of alkyl halides is 3. The standard InChI is InChI=1S/C22H18F3N3O/c1-13(2)27-21(29)15-5-8-17-18(11-15)20-26-9-10-28(20)12-19(17)14-3-6-16(7-4-14)22(23,24)25/h3-13H,1-2H3,(H,27,29). The smallest absolute Gasteiger partial charge is 0.350 e. The van der Waals surface area contributed by atoms with Gasteiger partial charge in [0.05, 0.1) is 5.56 Å². The van der Waals surface area contributed by atoms with Gasteiger partial charge in [0, 0.05) is 41.1 Å². The minimum Gasteiger partial charge on any atom is -0.350 e. The highest BCUT2D eigenvalue weighted by molar-refractivity contribution is 6.07. The van der Waals surface area contributed by atoms with Crippen molar-refractivity contribution in [2.75, 3.05) is 0 Å². The van der Waals surface area contributed by atoms with Gasteiger partial charge >= 0.3 is 6.18 Å². The zero-order valence-corrected chi connectivity index (χ0v) is 15.8. The Hall–Kier alpha value is -3.35. The van der Waals surface area contributed by atoms with Crippen molar-refractivity contribution in [2.45, 2.75) is 26.1 Å². The molecule has 148 valence electrons. The quantitative estimate of drug-likeness (QED) is 0.509. The third-order valence-corrected chi connectivity index (χ3v) is 4.69. The SMILES string of the molecule is CC(C)NC(=O)c1ccc2c(-c3ccc(C(F)(F)F)cc3)cn3ccnc3c2c1. The van der Waals surface area contributed by atoms with Crippen LogP contribution in [0.1, 0.15) is 29.8 Å². The molecule has 0 aliphatic heterocycles. The number of nitrogens with zero attached hydrogens (tertiary/aromatic N) is 2. The number of imidazole rings is 1. The van der Waals surface area contributed by atoms with Gasteiger partial charge in [0.15, 0.2) is 0 Å². The molecule has 0 saturated carbocycles. The Bertz CT molecular complexity index is 1210. The lowest BCUT2D eigenvalue weighted by Crippen LogP contribution is -2.29. The maximum Gasteiger partial charge on any atom is 0.416 e. The molecule has 1 amide bonds. The van der Waals surface area contributed by atoms with E-state index in [2.05, 4.69) is 10.3 Å². The Morgan fingerprint density at radius 2 is 1.79 bits per heavy atom. The monoisotopic (exact) mass is 397 g/mol. The van der Waals surface area contributed by atoms with Gasteiger partial charge in [-0.3, -0.25) is 4.79 Å². The molecule has 4 nitrogen and oxygen atoms in total. The minimum atomic E-state index is -4.38. The summed E-state index contributed by atoms with van der Waals surface area (Å²) in [5.74, 6) is -0.188. The number of hydrogen-bond donors (Lipinski definition) is 1. The second kappa shape index (κ2) is 6.92. The van der Waals surface area contributed by atoms with Gasteiger partial charge in [0.25, 0.3) is 5.91 Å². The topological polar surface area (TPSA) is 46.4 Å². The van der Waals surface area contributed by atoms with E-state index in [1.165, 1.54) is 12.1 Å². The first-order chi connectivity index (χ1) is 13.7. The maximum absolute atomic E-state index is 12.9. The van der Waals surface area contributed by atoms with Crippen LogP contribution in [0.3, 0.4) is 0 Å². The summed E-state index contributed by atoms with van der Waals surface area (Å²) in [6.07, 6.45) is 0.865. The van der Waals surface area contributed by atoms with Crippen LogP contribution < -0.4 is 5.32 Å². The van der Waals surface area contributed by atoms with E-state index >= 15 is 0 Å². The average Bonchev–Trinajstić information content (AvgIpc) is 3.14. The lowest BCUT2D eigenvalue weighted by atomic mass is 9.98. The Morgan fingerprint density at radius 1 is 1.07 bits per heavy atom. The molecule has 1 N–H and O–H groups in total. The lowest BCUT2D eigenvalue weighted by Gasteiger charge is -2.13. The molecular formula is C22H18F3N3O. The third-order valence-electron chi connectivity index (χ3n) is 4.69. The first-order valence-electron chi connectivity index (χ1n) is 9.12. The van der Waals surface area contributed by atoms with Gasteiger partial charge in [-0.15, -0.1) is 0 Å². The van der Waals surface area contributed by atoms with E-state index in [0.717, 1.165) is 28.5 Å². The number of hydrogen-bond acceptors (Lipinski definition) is 2. The molecule has 2 aromatic carbocycles. The molecule has 4 aromatic rings. The second-order valence-corrected chi connectivity index (χ2v) is 7.16. The van der Waals surface area contributed by atoms with Gasteiger partial charge in [0.2, 0.25) is 0 Å². The molecule has 0 atom stereocenters. The maximum atomic E-state index is 12.9. The fraction of sp³-hybridized carbons (Fsp3) is 0.182. The highest BCUT2D eigenvalue weighted by Crippen LogP contribution is 2.34. The summed E-state index contributed by atoms with van der Waals surface area (Å²) >= 11 is 0. The Morgan fingerprint density at radius 3 is 2.45 bits per heavy atom. The molecule has 0 spiro atoms. The van der Waals surface area contributed by atoms with Crippen LogP contribution in [-0.4, -0.2) is 21.3 Å². The van der Waals surface area contributed by atoms with E-state index in [0.29, 0.717) is 16.8 Å². The Labute approximate surface area is 165 Å². The van der Waals surface area contributed by atoms with Crippen molar-refractivity contribution in [3.05, 3.63) is 72.2 Å². The van der Waals surface area contributed by atoms with Gasteiger partial charge in [-0.2, -0.15) is 13.2 Å². The van der Waals surface area contributed by atoms with E-state index in [4.69, 9.17) is 0 Å². The summed E-state index contributed by atoms with van der Waals surface area (Å²) in [6, 6.07) is 10.4. The van der Waals surface area contributed by atoms with Crippen LogP contribution in [0, 0.1) is 0 Å². The van der Waals surface area contributed by atoms with Crippen molar-refractivity contribution in [3.63, 3.8) is 0 Å². The van der Waals surface area contributed by atoms with Crippen LogP contribution in [0.5, 0.6) is 0 Å². The van der Waals surface area contributed by atoms with Crippen LogP contribution >= 0.6 is 0 Å². The second-order valence-electron chi connectivity index (χ2n) is 7.16. The van der Waals surface area contributed by atoms with Gasteiger partial charge in [-0.05, 0) is 49.1 Å². The summed E-state index contributed by atoms with van der Waals surface area (Å²) in [4.78, 5) is 16.8. The van der Waals surface area contributed by atoms with Crippen molar-refractivity contribution in [1.82, 2.24) is 14.7 Å². The number of aromatic nitrogens is 2. The molecule has 0 aliphatic carbocycles. The lowest BCUT2D eigenvalue weighted by molar-refractivity contribution is -0.137. The average molecular weight is 397 g/mol. The largest absolute Gasteiger partial charge is 0.416 e. The molecule has 0 radical (unpaired) electrons. The number of carbonyl (C=O) groups excluding carboxylic acids is 1. The van der Waals surface area contributed by atoms with Crippen LogP contribution in [-0.2, 0) is 6.18 Å². The van der Waals surface area contributed by atoms with E-state index < -0.39 is 11.7 Å². The van der Waals surface area contributed by atoms with Crippen LogP contribution in [0.4, 0.5) is 13.2 Å². The number of carbonyl (C=O) groups is 1. The molecule has 0 aliphatic rings. The van der Waals surface area contributed by atoms with Crippen molar-refractivity contribution in [1.29, 1.82) is 0 Å². The van der Waals surface area contributed by atoms with Crippen molar-refractivity contribution < 1.29 is 18.0 Å². The fourth-order valence-electron chi connectivity index (χ4n) is 3.35. The molecule has 0 saturated heterocycles. The Kier molecular flexibility index (Phi) is 4.53. The Balaban J connectivity index is 1.89. The minimum absolute atomic E-state index is 0.00289. The van der Waals surface area contributed by atoms with Crippen molar-refractivity contribution in [3.8, 4) is 11.1 Å². The zero-order valence-electron chi connectivity index (χ0n) is 15.8. The van der Waals surface area contributed by atoms with Gasteiger partial charge in [-0.1, -0.05) is 18.2 Å². The number of halogens is 3. The van der Waals surface area contributed by atoms with Gasteiger partial charge < -0.3 is 9.72 Å². The first-order valence-corrected chi connectivity index (χ1v) is 9.12. The summed E-state index contributed by atoms with van der Waals surface area (Å²) < 4.78 is 40.5. The number of pyridine rings is 1. The van der Waals surface area contributed by atoms with Crippen LogP contribution in [0.15, 0.2) is 61.1 Å². The highest BCUT2D eigenvalue weighted by Gasteiger charge is 2.30. The molecule has 4 rings (SSSR count). The molecule has 0 bridgehead atoms. The van der Waals surface area contributed by atoms with E-state index in [1.807, 2.05) is 26.1 Å². The number of nitrogens with one attached hydrogen (secondary N) is 1. The molecule has 2 aromatic heterocycles. The van der Waals surface area contributed by atoms with Gasteiger partial charge in [-0.25, -0.2) is 4.98 Å². The first kappa shape index (κ1) is 19.0. The van der Waals surface area contributed by atoms with Crippen molar-refractivity contribution in [2.24, 2.45) is 0 Å².